The van der Waals surface area contributed by atoms with Crippen molar-refractivity contribution in [2.45, 2.75) is 18.6 Å². The van der Waals surface area contributed by atoms with Crippen molar-refractivity contribution in [1.29, 1.82) is 0 Å². The fourth-order valence-corrected chi connectivity index (χ4v) is 2.56. The van der Waals surface area contributed by atoms with Crippen LogP contribution >= 0.6 is 11.6 Å². The summed E-state index contributed by atoms with van der Waals surface area (Å²) in [4.78, 5) is 12.2. The Morgan fingerprint density at radius 3 is 2.94 bits per heavy atom. The molecular formula is C12H13ClFNO3. The van der Waals surface area contributed by atoms with Crippen LogP contribution in [0.25, 0.3) is 0 Å². The number of ether oxygens (including phenoxy) is 1. The normalized spacial score (nSPS) is 23.4. The van der Waals surface area contributed by atoms with Gasteiger partial charge < -0.3 is 9.84 Å². The zero-order chi connectivity index (χ0) is 13.3. The van der Waals surface area contributed by atoms with E-state index in [1.54, 1.807) is 12.1 Å². The molecule has 1 aliphatic heterocycles. The van der Waals surface area contributed by atoms with E-state index in [-0.39, 0.29) is 10.9 Å². The first-order valence-electron chi connectivity index (χ1n) is 5.52. The van der Waals surface area contributed by atoms with Gasteiger partial charge in [0, 0.05) is 19.6 Å². The molecule has 1 N–H and O–H groups in total. The van der Waals surface area contributed by atoms with E-state index in [1.165, 1.54) is 18.1 Å². The van der Waals surface area contributed by atoms with Crippen molar-refractivity contribution in [3.05, 3.63) is 34.6 Å². The molecule has 98 valence electrons. The van der Waals surface area contributed by atoms with E-state index in [0.29, 0.717) is 18.5 Å². The minimum Gasteiger partial charge on any atom is -0.465 e. The summed E-state index contributed by atoms with van der Waals surface area (Å²) in [6.45, 7) is 0.324. The first-order valence-corrected chi connectivity index (χ1v) is 5.90. The summed E-state index contributed by atoms with van der Waals surface area (Å²) in [5, 5.41) is 9.07. The van der Waals surface area contributed by atoms with Crippen LogP contribution in [0.1, 0.15) is 17.9 Å². The van der Waals surface area contributed by atoms with Crippen LogP contribution in [0, 0.1) is 5.82 Å². The van der Waals surface area contributed by atoms with Gasteiger partial charge in [0.1, 0.15) is 12.0 Å². The molecule has 0 saturated carbocycles. The predicted octanol–water partition coefficient (Wildman–Crippen LogP) is 2.92. The maximum atomic E-state index is 13.9. The van der Waals surface area contributed by atoms with Gasteiger partial charge in [-0.1, -0.05) is 23.7 Å². The van der Waals surface area contributed by atoms with Gasteiger partial charge in [-0.2, -0.15) is 0 Å². The number of likely N-dealkylation sites (tertiary alicyclic amines) is 1. The summed E-state index contributed by atoms with van der Waals surface area (Å²) >= 11 is 5.74. The van der Waals surface area contributed by atoms with Gasteiger partial charge in [-0.15, -0.1) is 0 Å². The van der Waals surface area contributed by atoms with Crippen molar-refractivity contribution in [2.75, 3.05) is 13.7 Å². The zero-order valence-corrected chi connectivity index (χ0v) is 10.5. The summed E-state index contributed by atoms with van der Waals surface area (Å²) < 4.78 is 19.1. The molecule has 1 aliphatic rings. The Labute approximate surface area is 109 Å². The van der Waals surface area contributed by atoms with E-state index >= 15 is 0 Å². The third-order valence-electron chi connectivity index (χ3n) is 3.20. The lowest BCUT2D eigenvalue weighted by Gasteiger charge is -2.25. The number of halogens is 2. The maximum absolute atomic E-state index is 13.9. The molecule has 1 aromatic rings. The van der Waals surface area contributed by atoms with Crippen LogP contribution < -0.4 is 0 Å². The molecule has 1 saturated heterocycles. The largest absolute Gasteiger partial charge is 0.465 e. The third-order valence-corrected chi connectivity index (χ3v) is 3.49. The Morgan fingerprint density at radius 2 is 2.33 bits per heavy atom. The predicted molar refractivity (Wildman–Crippen MR) is 64.3 cm³/mol. The average Bonchev–Trinajstić information content (AvgIpc) is 2.76. The molecule has 4 nitrogen and oxygen atoms in total. The number of methoxy groups -OCH3 is 1. The number of rotatable bonds is 2. The number of carboxylic acid groups (broad SMARTS) is 1. The number of amides is 1. The molecule has 0 aliphatic carbocycles. The fourth-order valence-electron chi connectivity index (χ4n) is 2.38. The highest BCUT2D eigenvalue weighted by atomic mass is 35.5. The molecule has 2 rings (SSSR count). The Bertz CT molecular complexity index is 469. The Morgan fingerprint density at radius 1 is 1.61 bits per heavy atom. The van der Waals surface area contributed by atoms with Crippen LogP contribution in [0.3, 0.4) is 0 Å². The second-order valence-corrected chi connectivity index (χ2v) is 4.55. The van der Waals surface area contributed by atoms with Crippen LogP contribution in [-0.4, -0.2) is 36.0 Å². The number of hydrogen-bond donors (Lipinski definition) is 1. The summed E-state index contributed by atoms with van der Waals surface area (Å²) in [5.74, 6) is -0.830. The lowest BCUT2D eigenvalue weighted by atomic mass is 9.96. The smallest absolute Gasteiger partial charge is 0.409 e. The van der Waals surface area contributed by atoms with Crippen molar-refractivity contribution < 1.29 is 19.0 Å². The van der Waals surface area contributed by atoms with Gasteiger partial charge in [0.05, 0.1) is 5.02 Å². The zero-order valence-electron chi connectivity index (χ0n) is 9.77. The third kappa shape index (κ3) is 2.15. The quantitative estimate of drug-likeness (QED) is 0.901. The minimum absolute atomic E-state index is 0.0381. The molecule has 1 fully saturated rings. The molecule has 1 heterocycles. The molecule has 0 radical (unpaired) electrons. The number of carbonyl (C=O) groups is 1. The van der Waals surface area contributed by atoms with Crippen molar-refractivity contribution in [3.63, 3.8) is 0 Å². The number of benzene rings is 1. The highest BCUT2D eigenvalue weighted by Crippen LogP contribution is 2.36. The van der Waals surface area contributed by atoms with Crippen molar-refractivity contribution in [2.24, 2.45) is 0 Å². The summed E-state index contributed by atoms with van der Waals surface area (Å²) in [5.41, 5.74) is 0.401. The number of nitrogens with zero attached hydrogens (tertiary/aromatic N) is 1. The molecule has 0 aromatic heterocycles. The van der Waals surface area contributed by atoms with Gasteiger partial charge in [-0.05, 0) is 18.1 Å². The Hall–Kier alpha value is -1.33. The van der Waals surface area contributed by atoms with Crippen LogP contribution in [0.4, 0.5) is 9.18 Å². The minimum atomic E-state index is -1.06. The van der Waals surface area contributed by atoms with E-state index in [9.17, 15) is 9.18 Å². The van der Waals surface area contributed by atoms with Crippen LogP contribution in [0.5, 0.6) is 0 Å². The SMILES string of the molecule is CO[C@H]1[C@H](c2cccc(Cl)c2F)CCN1C(=O)O. The standard InChI is InChI=1S/C12H13ClFNO3/c1-18-11-8(5-6-15(11)12(16)17)7-3-2-4-9(13)10(7)14/h2-4,8,11H,5-6H2,1H3,(H,16,17)/t8-,11-/m0/s1. The van der Waals surface area contributed by atoms with E-state index in [2.05, 4.69) is 0 Å². The topological polar surface area (TPSA) is 49.8 Å². The summed E-state index contributed by atoms with van der Waals surface area (Å²) in [6.07, 6.45) is -1.22. The number of hydrogen-bond acceptors (Lipinski definition) is 2. The molecule has 1 aromatic carbocycles. The van der Waals surface area contributed by atoms with E-state index < -0.39 is 18.1 Å². The second kappa shape index (κ2) is 5.12. The van der Waals surface area contributed by atoms with Crippen molar-refractivity contribution in [3.8, 4) is 0 Å². The van der Waals surface area contributed by atoms with Crippen molar-refractivity contribution in [1.82, 2.24) is 4.90 Å². The van der Waals surface area contributed by atoms with Gasteiger partial charge in [-0.3, -0.25) is 4.90 Å². The van der Waals surface area contributed by atoms with E-state index in [4.69, 9.17) is 21.4 Å². The first-order chi connectivity index (χ1) is 8.56. The van der Waals surface area contributed by atoms with Crippen molar-refractivity contribution >= 4 is 17.7 Å². The lowest BCUT2D eigenvalue weighted by Crippen LogP contribution is -2.37. The summed E-state index contributed by atoms with van der Waals surface area (Å²) in [6, 6.07) is 4.73. The Kier molecular flexibility index (Phi) is 3.73. The fraction of sp³-hybridized carbons (Fsp3) is 0.417. The van der Waals surface area contributed by atoms with Crippen LogP contribution in [0.2, 0.25) is 5.02 Å². The van der Waals surface area contributed by atoms with E-state index in [1.807, 2.05) is 0 Å². The average molecular weight is 274 g/mol. The van der Waals surface area contributed by atoms with Gasteiger partial charge in [0.25, 0.3) is 0 Å². The molecule has 18 heavy (non-hydrogen) atoms. The molecule has 0 spiro atoms. The van der Waals surface area contributed by atoms with E-state index in [0.717, 1.165) is 0 Å². The maximum Gasteiger partial charge on any atom is 0.409 e. The molecule has 0 unspecified atom stereocenters. The monoisotopic (exact) mass is 273 g/mol. The second-order valence-electron chi connectivity index (χ2n) is 4.14. The highest BCUT2D eigenvalue weighted by molar-refractivity contribution is 6.30. The van der Waals surface area contributed by atoms with Crippen LogP contribution in [-0.2, 0) is 4.74 Å². The van der Waals surface area contributed by atoms with Gasteiger partial charge >= 0.3 is 6.09 Å². The van der Waals surface area contributed by atoms with Gasteiger partial charge in [-0.25, -0.2) is 9.18 Å². The molecular weight excluding hydrogens is 261 g/mol. The first kappa shape index (κ1) is 13.1. The molecule has 0 bridgehead atoms. The van der Waals surface area contributed by atoms with Gasteiger partial charge in [0.2, 0.25) is 0 Å². The highest BCUT2D eigenvalue weighted by Gasteiger charge is 2.39. The lowest BCUT2D eigenvalue weighted by molar-refractivity contribution is -0.00583. The molecule has 6 heteroatoms. The molecule has 2 atom stereocenters. The Balaban J connectivity index is 2.34. The summed E-state index contributed by atoms with van der Waals surface area (Å²) in [7, 11) is 1.42. The van der Waals surface area contributed by atoms with Gasteiger partial charge in [0.15, 0.2) is 0 Å². The molecule has 1 amide bonds. The van der Waals surface area contributed by atoms with Crippen LogP contribution in [0.15, 0.2) is 18.2 Å².